The summed E-state index contributed by atoms with van der Waals surface area (Å²) in [4.78, 5) is 53.4. The minimum absolute atomic E-state index is 0.0792. The zero-order valence-electron chi connectivity index (χ0n) is 42.7. The minimum Gasteiger partial charge on any atom is -0.466 e. The maximum Gasteiger partial charge on any atom is 0.508 e. The van der Waals surface area contributed by atoms with E-state index in [4.69, 9.17) is 33.2 Å². The third-order valence-corrected chi connectivity index (χ3v) is 12.1. The van der Waals surface area contributed by atoms with Crippen LogP contribution in [0.25, 0.3) is 0 Å². The van der Waals surface area contributed by atoms with Gasteiger partial charge >= 0.3 is 24.1 Å². The topological polar surface area (TPSA) is 136 Å². The third-order valence-electron chi connectivity index (χ3n) is 12.1. The number of esters is 3. The largest absolute Gasteiger partial charge is 0.508 e. The van der Waals surface area contributed by atoms with Gasteiger partial charge in [-0.3, -0.25) is 14.4 Å². The maximum absolute atomic E-state index is 13.0. The minimum atomic E-state index is -0.799. The second kappa shape index (κ2) is 44.5. The van der Waals surface area contributed by atoms with E-state index in [0.29, 0.717) is 45.0 Å². The molecule has 2 atom stereocenters. The quantitative estimate of drug-likeness (QED) is 0.0189. The summed E-state index contributed by atoms with van der Waals surface area (Å²) < 4.78 is 39.9. The summed E-state index contributed by atoms with van der Waals surface area (Å²) in [6, 6.07) is 0. The Bertz CT molecular complexity index is 1210. The van der Waals surface area contributed by atoms with Gasteiger partial charge in [-0.1, -0.05) is 123 Å². The summed E-state index contributed by atoms with van der Waals surface area (Å²) in [5.41, 5.74) is 0. The Morgan fingerprint density at radius 3 is 1.65 bits per heavy atom. The highest BCUT2D eigenvalue weighted by atomic mass is 16.7. The van der Waals surface area contributed by atoms with Crippen LogP contribution < -0.4 is 0 Å². The molecule has 1 aliphatic rings. The fourth-order valence-corrected chi connectivity index (χ4v) is 7.98. The monoisotopic (exact) mass is 936 g/mol. The first kappa shape index (κ1) is 61.1. The normalized spacial score (nSPS) is 14.9. The van der Waals surface area contributed by atoms with Gasteiger partial charge in [-0.2, -0.15) is 0 Å². The molecule has 0 bridgehead atoms. The number of piperidine rings is 1. The summed E-state index contributed by atoms with van der Waals surface area (Å²) in [5.74, 6) is -0.864. The molecule has 66 heavy (non-hydrogen) atoms. The first-order chi connectivity index (χ1) is 32.2. The van der Waals surface area contributed by atoms with Crippen LogP contribution in [-0.4, -0.2) is 101 Å². The number of hydrogen-bond acceptors (Lipinski definition) is 12. The van der Waals surface area contributed by atoms with Crippen LogP contribution in [0.3, 0.4) is 0 Å². The molecule has 2 unspecified atom stereocenters. The van der Waals surface area contributed by atoms with Gasteiger partial charge in [0, 0.05) is 44.9 Å². The van der Waals surface area contributed by atoms with Crippen molar-refractivity contribution < 1.29 is 52.3 Å². The van der Waals surface area contributed by atoms with Crippen LogP contribution in [0, 0.1) is 17.8 Å². The van der Waals surface area contributed by atoms with Gasteiger partial charge in [0.1, 0.15) is 19.8 Å². The van der Waals surface area contributed by atoms with Crippen LogP contribution >= 0.6 is 0 Å². The average molecular weight is 936 g/mol. The lowest BCUT2D eigenvalue weighted by atomic mass is 9.92. The molecule has 0 aromatic rings. The highest BCUT2D eigenvalue weighted by molar-refractivity contribution is 5.71. The van der Waals surface area contributed by atoms with Crippen molar-refractivity contribution in [1.29, 1.82) is 0 Å². The Labute approximate surface area is 402 Å². The lowest BCUT2D eigenvalue weighted by Crippen LogP contribution is -2.37. The van der Waals surface area contributed by atoms with Gasteiger partial charge in [-0.15, -0.1) is 0 Å². The van der Waals surface area contributed by atoms with Crippen LogP contribution in [0.15, 0.2) is 24.3 Å². The Kier molecular flexibility index (Phi) is 41.2. The van der Waals surface area contributed by atoms with Crippen LogP contribution in [0.4, 0.5) is 4.79 Å². The molecule has 0 saturated carbocycles. The van der Waals surface area contributed by atoms with Crippen molar-refractivity contribution in [3.05, 3.63) is 24.3 Å². The molecule has 12 heteroatoms. The number of ether oxygens (including phenoxy) is 7. The predicted molar refractivity (Wildman–Crippen MR) is 264 cm³/mol. The van der Waals surface area contributed by atoms with Crippen LogP contribution in [0.2, 0.25) is 0 Å². The highest BCUT2D eigenvalue weighted by Crippen LogP contribution is 2.22. The average Bonchev–Trinajstić information content (AvgIpc) is 3.32. The number of rotatable bonds is 44. The molecule has 0 radical (unpaired) electrons. The standard InChI is InChI=1S/C54H97NO11/c1-6-11-15-19-21-27-39-61-53(62-40-28-22-20-16-12-7-2)36-35-52(58)64-45-49(46-66-54(59)65-43-48-32-29-38-55(10-5)42-48)44-63-51(57)34-26-25-33-50(56)60-41-37-47(30-23-17-13-8-3)31-24-18-14-9-4/h11-12,15-16,47-49,53H,6-10,13-14,17-46H2,1-5H3/b15-11-,16-12-. The van der Waals surface area contributed by atoms with E-state index in [9.17, 15) is 19.2 Å². The summed E-state index contributed by atoms with van der Waals surface area (Å²) in [7, 11) is 0. The van der Waals surface area contributed by atoms with Crippen LogP contribution in [-0.2, 0) is 47.5 Å². The van der Waals surface area contributed by atoms with Crippen molar-refractivity contribution in [2.45, 2.75) is 214 Å². The second-order valence-electron chi connectivity index (χ2n) is 18.2. The van der Waals surface area contributed by atoms with Crippen molar-refractivity contribution in [3.8, 4) is 0 Å². The van der Waals surface area contributed by atoms with Gasteiger partial charge in [0.15, 0.2) is 6.29 Å². The van der Waals surface area contributed by atoms with Gasteiger partial charge in [0.05, 0.1) is 25.6 Å². The van der Waals surface area contributed by atoms with Gasteiger partial charge < -0.3 is 38.1 Å². The number of likely N-dealkylation sites (tertiary alicyclic amines) is 1. The van der Waals surface area contributed by atoms with E-state index < -0.39 is 30.3 Å². The molecule has 0 amide bonds. The zero-order chi connectivity index (χ0) is 48.1. The molecular weight excluding hydrogens is 839 g/mol. The zero-order valence-corrected chi connectivity index (χ0v) is 42.7. The van der Waals surface area contributed by atoms with Crippen molar-refractivity contribution in [3.63, 3.8) is 0 Å². The number of nitrogens with zero attached hydrogens (tertiary/aromatic N) is 1. The molecule has 1 fully saturated rings. The highest BCUT2D eigenvalue weighted by Gasteiger charge is 2.23. The Morgan fingerprint density at radius 2 is 1.09 bits per heavy atom. The third kappa shape index (κ3) is 37.1. The maximum atomic E-state index is 13.0. The van der Waals surface area contributed by atoms with Crippen molar-refractivity contribution in [1.82, 2.24) is 4.90 Å². The van der Waals surface area contributed by atoms with Crippen molar-refractivity contribution in [2.75, 3.05) is 65.9 Å². The fourth-order valence-electron chi connectivity index (χ4n) is 7.98. The molecule has 0 N–H and O–H groups in total. The molecule has 0 spiro atoms. The van der Waals surface area contributed by atoms with E-state index in [1.807, 2.05) is 0 Å². The van der Waals surface area contributed by atoms with E-state index in [1.54, 1.807) is 0 Å². The van der Waals surface area contributed by atoms with E-state index >= 15 is 0 Å². The van der Waals surface area contributed by atoms with Crippen molar-refractivity contribution in [2.24, 2.45) is 17.8 Å². The number of carbonyl (C=O) groups excluding carboxylic acids is 4. The second-order valence-corrected chi connectivity index (χ2v) is 18.2. The van der Waals surface area contributed by atoms with E-state index in [-0.39, 0.29) is 57.6 Å². The summed E-state index contributed by atoms with van der Waals surface area (Å²) >= 11 is 0. The van der Waals surface area contributed by atoms with Crippen LogP contribution in [0.1, 0.15) is 208 Å². The molecule has 384 valence electrons. The number of unbranched alkanes of at least 4 members (excludes halogenated alkanes) is 11. The molecule has 1 aliphatic heterocycles. The molecule has 12 nitrogen and oxygen atoms in total. The lowest BCUT2D eigenvalue weighted by Gasteiger charge is -2.31. The van der Waals surface area contributed by atoms with Gasteiger partial charge in [-0.25, -0.2) is 4.79 Å². The number of allylic oxidation sites excluding steroid dienone is 4. The molecule has 0 aromatic carbocycles. The van der Waals surface area contributed by atoms with Crippen molar-refractivity contribution >= 4 is 24.1 Å². The first-order valence-corrected chi connectivity index (χ1v) is 26.8. The van der Waals surface area contributed by atoms with E-state index in [1.165, 1.54) is 64.2 Å². The number of carbonyl (C=O) groups is 4. The Morgan fingerprint density at radius 1 is 0.530 bits per heavy atom. The molecule has 0 aromatic heterocycles. The summed E-state index contributed by atoms with van der Waals surface area (Å²) in [6.07, 6.45) is 32.5. The Balaban J connectivity index is 2.65. The first-order valence-electron chi connectivity index (χ1n) is 26.8. The summed E-state index contributed by atoms with van der Waals surface area (Å²) in [5, 5.41) is 0. The summed E-state index contributed by atoms with van der Waals surface area (Å²) in [6.45, 7) is 15.2. The molecule has 1 rings (SSSR count). The SMILES string of the molecule is CC/C=C\CCCCOC(CCC(=O)OCC(COC(=O)CCCCC(=O)OCCC(CCCCCC)CCCCCC)COC(=O)OCC1CCCN(CC)C1)OCCCC/C=C\CC. The molecule has 1 saturated heterocycles. The van der Waals surface area contributed by atoms with Crippen LogP contribution in [0.5, 0.6) is 0 Å². The molecule has 0 aliphatic carbocycles. The number of hydrogen-bond donors (Lipinski definition) is 0. The van der Waals surface area contributed by atoms with Gasteiger partial charge in [0.25, 0.3) is 0 Å². The molecule has 1 heterocycles. The van der Waals surface area contributed by atoms with Gasteiger partial charge in [-0.05, 0) is 102 Å². The van der Waals surface area contributed by atoms with E-state index in [0.717, 1.165) is 90.3 Å². The predicted octanol–water partition coefficient (Wildman–Crippen LogP) is 13.0. The smallest absolute Gasteiger partial charge is 0.466 e. The van der Waals surface area contributed by atoms with Gasteiger partial charge in [0.2, 0.25) is 0 Å². The molecular formula is C54H97NO11. The van der Waals surface area contributed by atoms with E-state index in [2.05, 4.69) is 63.8 Å². The lowest BCUT2D eigenvalue weighted by molar-refractivity contribution is -0.161. The fraction of sp³-hybridized carbons (Fsp3) is 0.852. The Hall–Kier alpha value is -2.96.